The number of benzene rings is 1. The maximum absolute atomic E-state index is 11.6. The Morgan fingerprint density at radius 2 is 2.06 bits per heavy atom. The molecule has 3 N–H and O–H groups in total. The van der Waals surface area contributed by atoms with Gasteiger partial charge < -0.3 is 15.5 Å². The highest BCUT2D eigenvalue weighted by Crippen LogP contribution is 2.25. The lowest BCUT2D eigenvalue weighted by Gasteiger charge is -2.00. The summed E-state index contributed by atoms with van der Waals surface area (Å²) in [5, 5.41) is 0. The number of halogens is 1. The first-order valence-corrected chi connectivity index (χ1v) is 6.32. The van der Waals surface area contributed by atoms with Crippen LogP contribution in [0.3, 0.4) is 0 Å². The van der Waals surface area contributed by atoms with Gasteiger partial charge >= 0.3 is 5.97 Å². The molecule has 94 valence electrons. The fourth-order valence-corrected chi connectivity index (χ4v) is 1.89. The molecule has 0 saturated heterocycles. The van der Waals surface area contributed by atoms with Gasteiger partial charge in [0.2, 0.25) is 0 Å². The van der Waals surface area contributed by atoms with Crippen molar-refractivity contribution in [2.45, 2.75) is 6.92 Å². The van der Waals surface area contributed by atoms with Crippen molar-refractivity contribution in [2.24, 2.45) is 0 Å². The second-order valence-electron chi connectivity index (χ2n) is 3.74. The van der Waals surface area contributed by atoms with Crippen LogP contribution >= 0.6 is 15.9 Å². The SMILES string of the molecule is CCOC(=O)c1[nH]c(-c2ccc(Br)cc2)cc1N. The lowest BCUT2D eigenvalue weighted by Crippen LogP contribution is -2.07. The first-order valence-electron chi connectivity index (χ1n) is 5.53. The molecule has 4 nitrogen and oxygen atoms in total. The Labute approximate surface area is 113 Å². The average Bonchev–Trinajstić information content (AvgIpc) is 2.72. The van der Waals surface area contributed by atoms with E-state index in [1.165, 1.54) is 0 Å². The van der Waals surface area contributed by atoms with Crippen LogP contribution in [0, 0.1) is 0 Å². The Hall–Kier alpha value is -1.75. The minimum absolute atomic E-state index is 0.301. The van der Waals surface area contributed by atoms with Crippen molar-refractivity contribution >= 4 is 27.6 Å². The molecule has 0 bridgehead atoms. The van der Waals surface area contributed by atoms with Crippen LogP contribution in [-0.4, -0.2) is 17.6 Å². The summed E-state index contributed by atoms with van der Waals surface area (Å²) >= 11 is 3.37. The number of carbonyl (C=O) groups is 1. The van der Waals surface area contributed by atoms with Gasteiger partial charge in [-0.25, -0.2) is 4.79 Å². The number of aromatic nitrogens is 1. The van der Waals surface area contributed by atoms with E-state index in [4.69, 9.17) is 10.5 Å². The van der Waals surface area contributed by atoms with E-state index in [1.807, 2.05) is 24.3 Å². The van der Waals surface area contributed by atoms with Crippen molar-refractivity contribution in [2.75, 3.05) is 12.3 Å². The molecule has 2 aromatic rings. The molecule has 2 rings (SSSR count). The minimum atomic E-state index is -0.432. The van der Waals surface area contributed by atoms with Crippen molar-refractivity contribution in [1.29, 1.82) is 0 Å². The van der Waals surface area contributed by atoms with E-state index in [9.17, 15) is 4.79 Å². The van der Waals surface area contributed by atoms with E-state index < -0.39 is 5.97 Å². The fourth-order valence-electron chi connectivity index (χ4n) is 1.63. The maximum atomic E-state index is 11.6. The van der Waals surface area contributed by atoms with Crippen LogP contribution in [0.2, 0.25) is 0 Å². The van der Waals surface area contributed by atoms with E-state index in [2.05, 4.69) is 20.9 Å². The molecule has 18 heavy (non-hydrogen) atoms. The van der Waals surface area contributed by atoms with Crippen LogP contribution < -0.4 is 5.73 Å². The van der Waals surface area contributed by atoms with Crippen molar-refractivity contribution < 1.29 is 9.53 Å². The third-order valence-electron chi connectivity index (χ3n) is 2.48. The highest BCUT2D eigenvalue weighted by atomic mass is 79.9. The van der Waals surface area contributed by atoms with Gasteiger partial charge in [-0.3, -0.25) is 0 Å². The number of nitrogen functional groups attached to an aromatic ring is 1. The molecule has 0 aliphatic heterocycles. The molecule has 0 aliphatic rings. The predicted octanol–water partition coefficient (Wildman–Crippen LogP) is 3.20. The largest absolute Gasteiger partial charge is 0.461 e. The van der Waals surface area contributed by atoms with Gasteiger partial charge in [0.1, 0.15) is 5.69 Å². The van der Waals surface area contributed by atoms with Gasteiger partial charge in [-0.1, -0.05) is 28.1 Å². The third kappa shape index (κ3) is 2.56. The van der Waals surface area contributed by atoms with Crippen molar-refractivity contribution in [3.05, 3.63) is 40.5 Å². The van der Waals surface area contributed by atoms with E-state index in [-0.39, 0.29) is 0 Å². The molecule has 1 heterocycles. The second-order valence-corrected chi connectivity index (χ2v) is 4.66. The zero-order valence-corrected chi connectivity index (χ0v) is 11.5. The van der Waals surface area contributed by atoms with Crippen LogP contribution in [0.4, 0.5) is 5.69 Å². The first-order chi connectivity index (χ1) is 8.61. The predicted molar refractivity (Wildman–Crippen MR) is 74.3 cm³/mol. The van der Waals surface area contributed by atoms with Crippen molar-refractivity contribution in [1.82, 2.24) is 4.98 Å². The van der Waals surface area contributed by atoms with E-state index in [1.54, 1.807) is 13.0 Å². The smallest absolute Gasteiger partial charge is 0.356 e. The number of carbonyl (C=O) groups excluding carboxylic acids is 1. The quantitative estimate of drug-likeness (QED) is 0.856. The fraction of sp³-hybridized carbons (Fsp3) is 0.154. The lowest BCUT2D eigenvalue weighted by atomic mass is 10.1. The highest BCUT2D eigenvalue weighted by molar-refractivity contribution is 9.10. The second kappa shape index (κ2) is 5.27. The molecule has 0 saturated carbocycles. The summed E-state index contributed by atoms with van der Waals surface area (Å²) in [7, 11) is 0. The lowest BCUT2D eigenvalue weighted by molar-refractivity contribution is 0.0521. The van der Waals surface area contributed by atoms with Crippen LogP contribution in [0.15, 0.2) is 34.8 Å². The van der Waals surface area contributed by atoms with Crippen LogP contribution in [0.5, 0.6) is 0 Å². The zero-order valence-electron chi connectivity index (χ0n) is 9.87. The van der Waals surface area contributed by atoms with Crippen molar-refractivity contribution in [3.63, 3.8) is 0 Å². The summed E-state index contributed by atoms with van der Waals surface area (Å²) in [5.41, 5.74) is 8.25. The molecule has 0 atom stereocenters. The summed E-state index contributed by atoms with van der Waals surface area (Å²) in [4.78, 5) is 14.6. The summed E-state index contributed by atoms with van der Waals surface area (Å²) < 4.78 is 5.92. The van der Waals surface area contributed by atoms with E-state index in [0.717, 1.165) is 15.7 Å². The Morgan fingerprint density at radius 1 is 1.39 bits per heavy atom. The number of hydrogen-bond donors (Lipinski definition) is 2. The number of aromatic amines is 1. The number of anilines is 1. The number of nitrogens with one attached hydrogen (secondary N) is 1. The topological polar surface area (TPSA) is 68.1 Å². The maximum Gasteiger partial charge on any atom is 0.356 e. The molecule has 0 radical (unpaired) electrons. The van der Waals surface area contributed by atoms with Gasteiger partial charge in [0.05, 0.1) is 12.3 Å². The number of nitrogens with two attached hydrogens (primary N) is 1. The number of hydrogen-bond acceptors (Lipinski definition) is 3. The molecule has 1 aromatic heterocycles. The van der Waals surface area contributed by atoms with Gasteiger partial charge in [0.15, 0.2) is 0 Å². The molecule has 0 aliphatic carbocycles. The van der Waals surface area contributed by atoms with E-state index >= 15 is 0 Å². The van der Waals surface area contributed by atoms with Gasteiger partial charge in [-0.05, 0) is 30.7 Å². The molecule has 5 heteroatoms. The number of H-pyrrole nitrogens is 1. The Bertz CT molecular complexity index is 561. The first kappa shape index (κ1) is 12.7. The normalized spacial score (nSPS) is 10.3. The van der Waals surface area contributed by atoms with Gasteiger partial charge in [-0.2, -0.15) is 0 Å². The molecule has 1 aromatic carbocycles. The standard InChI is InChI=1S/C13H13BrN2O2/c1-2-18-13(17)12-10(15)7-11(16-12)8-3-5-9(14)6-4-8/h3-7,16H,2,15H2,1H3. The average molecular weight is 309 g/mol. The van der Waals surface area contributed by atoms with Gasteiger partial charge in [0, 0.05) is 10.2 Å². The van der Waals surface area contributed by atoms with Crippen LogP contribution in [0.25, 0.3) is 11.3 Å². The molecule has 0 spiro atoms. The van der Waals surface area contributed by atoms with E-state index in [0.29, 0.717) is 18.0 Å². The van der Waals surface area contributed by atoms with Gasteiger partial charge in [0.25, 0.3) is 0 Å². The number of ether oxygens (including phenoxy) is 1. The Kier molecular flexibility index (Phi) is 3.72. The number of rotatable bonds is 3. The monoisotopic (exact) mass is 308 g/mol. The summed E-state index contributed by atoms with van der Waals surface area (Å²) in [5.74, 6) is -0.432. The Balaban J connectivity index is 2.34. The highest BCUT2D eigenvalue weighted by Gasteiger charge is 2.15. The van der Waals surface area contributed by atoms with Gasteiger partial charge in [-0.15, -0.1) is 0 Å². The summed E-state index contributed by atoms with van der Waals surface area (Å²) in [6.45, 7) is 2.08. The van der Waals surface area contributed by atoms with Crippen LogP contribution in [-0.2, 0) is 4.74 Å². The van der Waals surface area contributed by atoms with Crippen molar-refractivity contribution in [3.8, 4) is 11.3 Å². The summed E-state index contributed by atoms with van der Waals surface area (Å²) in [6, 6.07) is 9.46. The molecular formula is C13H13BrN2O2. The van der Waals surface area contributed by atoms with Crippen LogP contribution in [0.1, 0.15) is 17.4 Å². The molecule has 0 fully saturated rings. The minimum Gasteiger partial charge on any atom is -0.461 e. The molecule has 0 amide bonds. The molecular weight excluding hydrogens is 296 g/mol. The zero-order chi connectivity index (χ0) is 13.1. The summed E-state index contributed by atoms with van der Waals surface area (Å²) in [6.07, 6.45) is 0. The third-order valence-corrected chi connectivity index (χ3v) is 3.01. The Morgan fingerprint density at radius 3 is 2.67 bits per heavy atom. The number of esters is 1. The molecule has 0 unspecified atom stereocenters.